The zero-order chi connectivity index (χ0) is 14.8. The molecule has 0 fully saturated rings. The molecule has 0 saturated heterocycles. The third-order valence-electron chi connectivity index (χ3n) is 3.20. The molecule has 0 atom stereocenters. The van der Waals surface area contributed by atoms with Crippen molar-refractivity contribution in [3.05, 3.63) is 58.8 Å². The van der Waals surface area contributed by atoms with Gasteiger partial charge in [0.15, 0.2) is 5.65 Å². The average Bonchev–Trinajstić information content (AvgIpc) is 2.79. The molecule has 0 amide bonds. The van der Waals surface area contributed by atoms with Gasteiger partial charge in [0.2, 0.25) is 0 Å². The summed E-state index contributed by atoms with van der Waals surface area (Å²) in [6.45, 7) is 0.567. The standard InChI is InChI=1S/C15H12Cl2FN3/c16-6-5-14-20-13-7-11(17)8-19-15(13)21(14)9-10-1-3-12(18)4-2-10/h1-4,7-8H,5-6,9H2. The molecule has 21 heavy (non-hydrogen) atoms. The van der Waals surface area contributed by atoms with Gasteiger partial charge in [0.05, 0.1) is 11.6 Å². The second-order valence-corrected chi connectivity index (χ2v) is 5.49. The van der Waals surface area contributed by atoms with E-state index in [9.17, 15) is 4.39 Å². The molecule has 0 bridgehead atoms. The molecule has 2 heterocycles. The van der Waals surface area contributed by atoms with Gasteiger partial charge in [-0.05, 0) is 23.8 Å². The summed E-state index contributed by atoms with van der Waals surface area (Å²) in [4.78, 5) is 8.88. The number of halogens is 3. The number of aryl methyl sites for hydroxylation is 1. The molecule has 0 aliphatic rings. The van der Waals surface area contributed by atoms with Crippen molar-refractivity contribution in [2.75, 3.05) is 5.88 Å². The van der Waals surface area contributed by atoms with Crippen molar-refractivity contribution < 1.29 is 4.39 Å². The van der Waals surface area contributed by atoms with Crippen LogP contribution < -0.4 is 0 Å². The van der Waals surface area contributed by atoms with Crippen LogP contribution in [0.15, 0.2) is 36.5 Å². The van der Waals surface area contributed by atoms with Crippen LogP contribution in [0.4, 0.5) is 4.39 Å². The zero-order valence-corrected chi connectivity index (χ0v) is 12.6. The van der Waals surface area contributed by atoms with Crippen molar-refractivity contribution in [2.45, 2.75) is 13.0 Å². The lowest BCUT2D eigenvalue weighted by molar-refractivity contribution is 0.626. The Labute approximate surface area is 131 Å². The van der Waals surface area contributed by atoms with Gasteiger partial charge in [-0.25, -0.2) is 14.4 Å². The molecule has 0 saturated carbocycles. The van der Waals surface area contributed by atoms with Crippen LogP contribution in [0.25, 0.3) is 11.2 Å². The van der Waals surface area contributed by atoms with Crippen LogP contribution in [0.3, 0.4) is 0 Å². The first-order chi connectivity index (χ1) is 10.2. The van der Waals surface area contributed by atoms with Crippen LogP contribution in [0, 0.1) is 5.82 Å². The van der Waals surface area contributed by atoms with E-state index in [0.29, 0.717) is 23.9 Å². The van der Waals surface area contributed by atoms with Gasteiger partial charge < -0.3 is 4.57 Å². The third kappa shape index (κ3) is 3.01. The van der Waals surface area contributed by atoms with Gasteiger partial charge in [0.25, 0.3) is 0 Å². The molecule has 0 aliphatic carbocycles. The highest BCUT2D eigenvalue weighted by Crippen LogP contribution is 2.20. The predicted molar refractivity (Wildman–Crippen MR) is 82.5 cm³/mol. The van der Waals surface area contributed by atoms with Crippen molar-refractivity contribution in [1.82, 2.24) is 14.5 Å². The molecule has 3 nitrogen and oxygen atoms in total. The summed E-state index contributed by atoms with van der Waals surface area (Å²) >= 11 is 11.8. The van der Waals surface area contributed by atoms with E-state index >= 15 is 0 Å². The van der Waals surface area contributed by atoms with Gasteiger partial charge in [-0.1, -0.05) is 23.7 Å². The van der Waals surface area contributed by atoms with E-state index < -0.39 is 0 Å². The second kappa shape index (κ2) is 6.00. The smallest absolute Gasteiger partial charge is 0.160 e. The molecule has 3 rings (SSSR count). The Morgan fingerprint density at radius 2 is 1.95 bits per heavy atom. The summed E-state index contributed by atoms with van der Waals surface area (Å²) in [6, 6.07) is 8.17. The van der Waals surface area contributed by atoms with Gasteiger partial charge in [0, 0.05) is 18.5 Å². The SMILES string of the molecule is Fc1ccc(Cn2c(CCCl)nc3cc(Cl)cnc32)cc1. The summed E-state index contributed by atoms with van der Waals surface area (Å²) in [5, 5.41) is 0.548. The predicted octanol–water partition coefficient (Wildman–Crippen LogP) is 4.05. The Balaban J connectivity index is 2.06. The number of imidazole rings is 1. The molecule has 108 valence electrons. The molecule has 0 N–H and O–H groups in total. The van der Waals surface area contributed by atoms with Crippen molar-refractivity contribution >= 4 is 34.4 Å². The Bertz CT molecular complexity index is 768. The van der Waals surface area contributed by atoms with Crippen molar-refractivity contribution in [2.24, 2.45) is 0 Å². The lowest BCUT2D eigenvalue weighted by Gasteiger charge is -2.08. The van der Waals surface area contributed by atoms with Crippen molar-refractivity contribution in [1.29, 1.82) is 0 Å². The number of benzene rings is 1. The maximum atomic E-state index is 13.0. The fraction of sp³-hybridized carbons (Fsp3) is 0.200. The largest absolute Gasteiger partial charge is 0.308 e. The van der Waals surface area contributed by atoms with Gasteiger partial charge in [0.1, 0.15) is 17.2 Å². The Morgan fingerprint density at radius 3 is 2.67 bits per heavy atom. The minimum Gasteiger partial charge on any atom is -0.308 e. The highest BCUT2D eigenvalue weighted by atomic mass is 35.5. The third-order valence-corrected chi connectivity index (χ3v) is 3.60. The van der Waals surface area contributed by atoms with E-state index in [1.165, 1.54) is 12.1 Å². The van der Waals surface area contributed by atoms with Crippen molar-refractivity contribution in [3.63, 3.8) is 0 Å². The Kier molecular flexibility index (Phi) is 4.08. The summed E-state index contributed by atoms with van der Waals surface area (Å²) in [7, 11) is 0. The lowest BCUT2D eigenvalue weighted by Crippen LogP contribution is -2.06. The first-order valence-corrected chi connectivity index (χ1v) is 7.39. The number of hydrogen-bond acceptors (Lipinski definition) is 2. The van der Waals surface area contributed by atoms with Gasteiger partial charge in [-0.15, -0.1) is 11.6 Å². The number of nitrogens with zero attached hydrogens (tertiary/aromatic N) is 3. The minimum atomic E-state index is -0.250. The van der Waals surface area contributed by atoms with Crippen LogP contribution in [0.1, 0.15) is 11.4 Å². The molecule has 0 radical (unpaired) electrons. The van der Waals surface area contributed by atoms with E-state index in [1.54, 1.807) is 24.4 Å². The highest BCUT2D eigenvalue weighted by Gasteiger charge is 2.12. The quantitative estimate of drug-likeness (QED) is 0.678. The van der Waals surface area contributed by atoms with E-state index in [-0.39, 0.29) is 5.82 Å². The van der Waals surface area contributed by atoms with E-state index in [1.807, 2.05) is 4.57 Å². The molecule has 0 unspecified atom stereocenters. The average molecular weight is 324 g/mol. The van der Waals surface area contributed by atoms with Gasteiger partial charge >= 0.3 is 0 Å². The lowest BCUT2D eigenvalue weighted by atomic mass is 10.2. The van der Waals surface area contributed by atoms with Crippen LogP contribution in [0.5, 0.6) is 0 Å². The topological polar surface area (TPSA) is 30.7 Å². The molecule has 2 aromatic heterocycles. The van der Waals surface area contributed by atoms with Crippen LogP contribution in [0.2, 0.25) is 5.02 Å². The van der Waals surface area contributed by atoms with Crippen LogP contribution >= 0.6 is 23.2 Å². The molecule has 0 aliphatic heterocycles. The number of hydrogen-bond donors (Lipinski definition) is 0. The summed E-state index contributed by atoms with van der Waals surface area (Å²) in [5.74, 6) is 1.07. The van der Waals surface area contributed by atoms with E-state index in [0.717, 1.165) is 22.6 Å². The Morgan fingerprint density at radius 1 is 1.19 bits per heavy atom. The number of pyridine rings is 1. The fourth-order valence-corrected chi connectivity index (χ4v) is 2.57. The molecular weight excluding hydrogens is 312 g/mol. The summed E-state index contributed by atoms with van der Waals surface area (Å²) in [6.07, 6.45) is 2.23. The molecule has 3 aromatic rings. The summed E-state index contributed by atoms with van der Waals surface area (Å²) < 4.78 is 15.0. The molecular formula is C15H12Cl2FN3. The number of alkyl halides is 1. The fourth-order valence-electron chi connectivity index (χ4n) is 2.25. The van der Waals surface area contributed by atoms with E-state index in [4.69, 9.17) is 23.2 Å². The van der Waals surface area contributed by atoms with Gasteiger partial charge in [-0.3, -0.25) is 0 Å². The highest BCUT2D eigenvalue weighted by molar-refractivity contribution is 6.31. The first kappa shape index (κ1) is 14.3. The maximum absolute atomic E-state index is 13.0. The van der Waals surface area contributed by atoms with E-state index in [2.05, 4.69) is 9.97 Å². The Hall–Kier alpha value is -1.65. The van der Waals surface area contributed by atoms with Crippen LogP contribution in [-0.2, 0) is 13.0 Å². The second-order valence-electron chi connectivity index (χ2n) is 4.68. The van der Waals surface area contributed by atoms with Crippen LogP contribution in [-0.4, -0.2) is 20.4 Å². The number of aromatic nitrogens is 3. The van der Waals surface area contributed by atoms with Gasteiger partial charge in [-0.2, -0.15) is 0 Å². The first-order valence-electron chi connectivity index (χ1n) is 6.48. The monoisotopic (exact) mass is 323 g/mol. The van der Waals surface area contributed by atoms with Crippen molar-refractivity contribution in [3.8, 4) is 0 Å². The minimum absolute atomic E-state index is 0.250. The molecule has 0 spiro atoms. The normalized spacial score (nSPS) is 11.2. The number of rotatable bonds is 4. The number of fused-ring (bicyclic) bond motifs is 1. The summed E-state index contributed by atoms with van der Waals surface area (Å²) in [5.41, 5.74) is 2.47. The molecule has 1 aromatic carbocycles. The zero-order valence-electron chi connectivity index (χ0n) is 11.1. The molecule has 6 heteroatoms. The maximum Gasteiger partial charge on any atom is 0.160 e.